The molecule has 1 fully saturated rings. The van der Waals surface area contributed by atoms with E-state index in [-0.39, 0.29) is 30.1 Å². The molecule has 5 heteroatoms. The Hall–Kier alpha value is -1.91. The Morgan fingerprint density at radius 3 is 2.50 bits per heavy atom. The highest BCUT2D eigenvalue weighted by molar-refractivity contribution is 5.85. The van der Waals surface area contributed by atoms with Crippen molar-refractivity contribution >= 4 is 11.9 Å². The van der Waals surface area contributed by atoms with Crippen molar-refractivity contribution in [2.75, 3.05) is 0 Å². The second-order valence-electron chi connectivity index (χ2n) is 5.95. The molecule has 1 aliphatic heterocycles. The van der Waals surface area contributed by atoms with E-state index >= 15 is 0 Å². The van der Waals surface area contributed by atoms with E-state index in [2.05, 4.69) is 0 Å². The van der Waals surface area contributed by atoms with Crippen molar-refractivity contribution in [2.45, 2.75) is 57.5 Å². The zero-order valence-corrected chi connectivity index (χ0v) is 13.0. The monoisotopic (exact) mass is 307 g/mol. The molecule has 0 saturated carbocycles. The molecule has 2 rings (SSSR count). The Morgan fingerprint density at radius 2 is 1.95 bits per heavy atom. The van der Waals surface area contributed by atoms with Gasteiger partial charge < -0.3 is 10.0 Å². The van der Waals surface area contributed by atoms with Crippen LogP contribution in [0.4, 0.5) is 4.39 Å². The van der Waals surface area contributed by atoms with Crippen LogP contribution in [-0.2, 0) is 9.59 Å². The highest BCUT2D eigenvalue weighted by Crippen LogP contribution is 2.29. The van der Waals surface area contributed by atoms with Gasteiger partial charge in [-0.3, -0.25) is 4.79 Å². The molecule has 1 saturated heterocycles. The highest BCUT2D eigenvalue weighted by Gasteiger charge is 2.40. The van der Waals surface area contributed by atoms with Crippen molar-refractivity contribution in [3.05, 3.63) is 35.6 Å². The van der Waals surface area contributed by atoms with Crippen LogP contribution in [0.1, 0.15) is 51.0 Å². The summed E-state index contributed by atoms with van der Waals surface area (Å²) < 4.78 is 13.0. The summed E-state index contributed by atoms with van der Waals surface area (Å²) >= 11 is 0. The number of hydrogen-bond donors (Lipinski definition) is 1. The summed E-state index contributed by atoms with van der Waals surface area (Å²) in [5.74, 6) is -1.44. The number of hydrogen-bond acceptors (Lipinski definition) is 2. The molecule has 0 radical (unpaired) electrons. The SMILES string of the molecule is CCC1CCC(C(=O)O)N1C(=O)CC(C)c1ccc(F)cc1. The van der Waals surface area contributed by atoms with Gasteiger partial charge in [0.25, 0.3) is 0 Å². The summed E-state index contributed by atoms with van der Waals surface area (Å²) in [6.45, 7) is 3.87. The van der Waals surface area contributed by atoms with Crippen LogP contribution in [0, 0.1) is 5.82 Å². The van der Waals surface area contributed by atoms with Crippen LogP contribution in [0.5, 0.6) is 0 Å². The summed E-state index contributed by atoms with van der Waals surface area (Å²) in [5.41, 5.74) is 0.883. The largest absolute Gasteiger partial charge is 0.480 e. The van der Waals surface area contributed by atoms with Gasteiger partial charge in [0.05, 0.1) is 0 Å². The summed E-state index contributed by atoms with van der Waals surface area (Å²) in [4.78, 5) is 25.4. The molecule has 1 amide bonds. The second-order valence-corrected chi connectivity index (χ2v) is 5.95. The van der Waals surface area contributed by atoms with Gasteiger partial charge in [-0.15, -0.1) is 0 Å². The van der Waals surface area contributed by atoms with Gasteiger partial charge in [0.2, 0.25) is 5.91 Å². The second kappa shape index (κ2) is 6.90. The van der Waals surface area contributed by atoms with Gasteiger partial charge in [-0.25, -0.2) is 9.18 Å². The maximum Gasteiger partial charge on any atom is 0.326 e. The quantitative estimate of drug-likeness (QED) is 0.909. The predicted molar refractivity (Wildman–Crippen MR) is 81.0 cm³/mol. The van der Waals surface area contributed by atoms with Gasteiger partial charge in [-0.1, -0.05) is 26.0 Å². The minimum Gasteiger partial charge on any atom is -0.480 e. The summed E-state index contributed by atoms with van der Waals surface area (Å²) in [5, 5.41) is 9.29. The third-order valence-electron chi connectivity index (χ3n) is 4.47. The lowest BCUT2D eigenvalue weighted by molar-refractivity contribution is -0.149. The molecule has 0 spiro atoms. The Balaban J connectivity index is 2.09. The van der Waals surface area contributed by atoms with Crippen molar-refractivity contribution in [2.24, 2.45) is 0 Å². The van der Waals surface area contributed by atoms with Crippen molar-refractivity contribution in [1.29, 1.82) is 0 Å². The number of benzene rings is 1. The number of carbonyl (C=O) groups is 2. The molecule has 0 bridgehead atoms. The summed E-state index contributed by atoms with van der Waals surface area (Å²) in [6.07, 6.45) is 2.26. The van der Waals surface area contributed by atoms with E-state index in [4.69, 9.17) is 0 Å². The zero-order valence-electron chi connectivity index (χ0n) is 13.0. The minimum atomic E-state index is -0.932. The molecule has 3 unspecified atom stereocenters. The average molecular weight is 307 g/mol. The van der Waals surface area contributed by atoms with Gasteiger partial charge in [0, 0.05) is 12.5 Å². The van der Waals surface area contributed by atoms with Crippen LogP contribution >= 0.6 is 0 Å². The average Bonchev–Trinajstić information content (AvgIpc) is 2.92. The van der Waals surface area contributed by atoms with Crippen molar-refractivity contribution in [3.63, 3.8) is 0 Å². The molecule has 1 N–H and O–H groups in total. The van der Waals surface area contributed by atoms with Gasteiger partial charge >= 0.3 is 5.97 Å². The van der Waals surface area contributed by atoms with E-state index in [1.165, 1.54) is 12.1 Å². The number of aliphatic carboxylic acids is 1. The van der Waals surface area contributed by atoms with Crippen molar-refractivity contribution < 1.29 is 19.1 Å². The van der Waals surface area contributed by atoms with Gasteiger partial charge in [-0.2, -0.15) is 0 Å². The van der Waals surface area contributed by atoms with E-state index in [9.17, 15) is 19.1 Å². The van der Waals surface area contributed by atoms with Gasteiger partial charge in [0.1, 0.15) is 11.9 Å². The Kier molecular flexibility index (Phi) is 5.16. The first kappa shape index (κ1) is 16.5. The molecule has 22 heavy (non-hydrogen) atoms. The van der Waals surface area contributed by atoms with Gasteiger partial charge in [0.15, 0.2) is 0 Å². The maximum atomic E-state index is 13.0. The Morgan fingerprint density at radius 1 is 1.32 bits per heavy atom. The normalized spacial score (nSPS) is 22.6. The van der Waals surface area contributed by atoms with Crippen LogP contribution in [0.25, 0.3) is 0 Å². The molecule has 1 aliphatic rings. The fourth-order valence-corrected chi connectivity index (χ4v) is 3.18. The molecule has 3 atom stereocenters. The number of nitrogens with zero attached hydrogens (tertiary/aromatic N) is 1. The number of likely N-dealkylation sites (tertiary alicyclic amines) is 1. The van der Waals surface area contributed by atoms with E-state index in [0.29, 0.717) is 6.42 Å². The van der Waals surface area contributed by atoms with Crippen LogP contribution in [0.3, 0.4) is 0 Å². The van der Waals surface area contributed by atoms with Crippen LogP contribution < -0.4 is 0 Å². The fourth-order valence-electron chi connectivity index (χ4n) is 3.18. The third kappa shape index (κ3) is 3.46. The summed E-state index contributed by atoms with van der Waals surface area (Å²) in [7, 11) is 0. The van der Waals surface area contributed by atoms with Crippen LogP contribution in [0.15, 0.2) is 24.3 Å². The molecule has 4 nitrogen and oxygen atoms in total. The molecular weight excluding hydrogens is 285 g/mol. The first-order valence-electron chi connectivity index (χ1n) is 7.73. The number of carboxylic acid groups (broad SMARTS) is 1. The number of carboxylic acids is 1. The van der Waals surface area contributed by atoms with Crippen molar-refractivity contribution in [3.8, 4) is 0 Å². The van der Waals surface area contributed by atoms with E-state index in [1.54, 1.807) is 17.0 Å². The van der Waals surface area contributed by atoms with E-state index in [0.717, 1.165) is 18.4 Å². The molecule has 0 aliphatic carbocycles. The molecular formula is C17H22FNO3. The highest BCUT2D eigenvalue weighted by atomic mass is 19.1. The maximum absolute atomic E-state index is 13.0. The van der Waals surface area contributed by atoms with Crippen LogP contribution in [-0.4, -0.2) is 34.0 Å². The lowest BCUT2D eigenvalue weighted by Crippen LogP contribution is -2.45. The molecule has 0 aromatic heterocycles. The molecule has 1 aromatic carbocycles. The molecule has 120 valence electrons. The van der Waals surface area contributed by atoms with E-state index < -0.39 is 12.0 Å². The first-order chi connectivity index (χ1) is 10.4. The lowest BCUT2D eigenvalue weighted by atomic mass is 9.96. The number of rotatable bonds is 5. The first-order valence-corrected chi connectivity index (χ1v) is 7.73. The zero-order chi connectivity index (χ0) is 16.3. The summed E-state index contributed by atoms with van der Waals surface area (Å²) in [6, 6.07) is 5.39. The minimum absolute atomic E-state index is 0.00835. The number of amides is 1. The third-order valence-corrected chi connectivity index (χ3v) is 4.47. The topological polar surface area (TPSA) is 57.6 Å². The molecule has 1 heterocycles. The van der Waals surface area contributed by atoms with Crippen molar-refractivity contribution in [1.82, 2.24) is 4.90 Å². The Bertz CT molecular complexity index is 543. The molecule has 1 aromatic rings. The lowest BCUT2D eigenvalue weighted by Gasteiger charge is -2.29. The van der Waals surface area contributed by atoms with E-state index in [1.807, 2.05) is 13.8 Å². The number of halogens is 1. The Labute approximate surface area is 129 Å². The fraction of sp³-hybridized carbons (Fsp3) is 0.529. The predicted octanol–water partition coefficient (Wildman–Crippen LogP) is 3.17. The standard InChI is InChI=1S/C17H22FNO3/c1-3-14-8-9-15(17(21)22)19(14)16(20)10-11(2)12-4-6-13(18)7-5-12/h4-7,11,14-15H,3,8-10H2,1-2H3,(H,21,22). The smallest absolute Gasteiger partial charge is 0.326 e. The number of carbonyl (C=O) groups excluding carboxylic acids is 1. The van der Waals surface area contributed by atoms with Crippen LogP contribution in [0.2, 0.25) is 0 Å². The van der Waals surface area contributed by atoms with Gasteiger partial charge in [-0.05, 0) is 42.9 Å².